The minimum Gasteiger partial charge on any atom is -0.350 e. The smallest absolute Gasteiger partial charge is 0.222 e. The van der Waals surface area contributed by atoms with E-state index >= 15 is 0 Å². The van der Waals surface area contributed by atoms with Crippen LogP contribution in [0.2, 0.25) is 5.02 Å². The van der Waals surface area contributed by atoms with Crippen LogP contribution in [-0.4, -0.2) is 20.7 Å². The van der Waals surface area contributed by atoms with Crippen molar-refractivity contribution in [3.05, 3.63) is 69.5 Å². The van der Waals surface area contributed by atoms with Gasteiger partial charge in [0.1, 0.15) is 0 Å². The predicted molar refractivity (Wildman–Crippen MR) is 110 cm³/mol. The number of amides is 1. The summed E-state index contributed by atoms with van der Waals surface area (Å²) >= 11 is 11.4. The van der Waals surface area contributed by atoms with E-state index in [4.69, 9.17) is 23.8 Å². The highest BCUT2D eigenvalue weighted by molar-refractivity contribution is 7.71. The number of nitrogens with zero attached hydrogens (tertiary/aromatic N) is 2. The number of benzene rings is 2. The van der Waals surface area contributed by atoms with Gasteiger partial charge < -0.3 is 5.32 Å². The van der Waals surface area contributed by atoms with Crippen molar-refractivity contribution >= 4 is 29.7 Å². The number of aromatic nitrogens is 3. The van der Waals surface area contributed by atoms with Crippen LogP contribution in [0.1, 0.15) is 30.5 Å². The Morgan fingerprint density at radius 1 is 1.30 bits per heavy atom. The number of H-pyrrole nitrogens is 1. The Hall–Kier alpha value is -2.44. The molecule has 1 amide bonds. The molecule has 0 spiro atoms. The maximum atomic E-state index is 12.4. The van der Waals surface area contributed by atoms with E-state index in [0.29, 0.717) is 22.8 Å². The lowest BCUT2D eigenvalue weighted by molar-refractivity contribution is -0.121. The van der Waals surface area contributed by atoms with Gasteiger partial charge in [-0.2, -0.15) is 5.10 Å². The first-order valence-corrected chi connectivity index (χ1v) is 9.50. The number of hydrogen-bond acceptors (Lipinski definition) is 3. The molecule has 0 saturated carbocycles. The molecule has 0 aliphatic rings. The lowest BCUT2D eigenvalue weighted by Crippen LogP contribution is -2.27. The summed E-state index contributed by atoms with van der Waals surface area (Å²) in [4.78, 5) is 12.4. The number of rotatable bonds is 6. The van der Waals surface area contributed by atoms with Crippen molar-refractivity contribution in [1.29, 1.82) is 0 Å². The van der Waals surface area contributed by atoms with Crippen LogP contribution in [0.3, 0.4) is 0 Å². The number of hydrogen-bond donors (Lipinski definition) is 2. The van der Waals surface area contributed by atoms with E-state index in [1.165, 1.54) is 0 Å². The van der Waals surface area contributed by atoms with E-state index in [1.54, 1.807) is 0 Å². The summed E-state index contributed by atoms with van der Waals surface area (Å²) in [5, 5.41) is 10.8. The molecule has 2 aromatic carbocycles. The maximum absolute atomic E-state index is 12.4. The minimum atomic E-state index is -0.121. The molecule has 1 aromatic heterocycles. The van der Waals surface area contributed by atoms with Gasteiger partial charge in [0.2, 0.25) is 5.91 Å². The molecule has 27 heavy (non-hydrogen) atoms. The van der Waals surface area contributed by atoms with E-state index < -0.39 is 0 Å². The van der Waals surface area contributed by atoms with Crippen molar-refractivity contribution in [1.82, 2.24) is 20.1 Å². The molecule has 3 aromatic rings. The normalized spacial score (nSPS) is 12.0. The summed E-state index contributed by atoms with van der Waals surface area (Å²) in [6.07, 6.45) is 0.303. The van der Waals surface area contributed by atoms with E-state index in [9.17, 15) is 4.79 Å². The van der Waals surface area contributed by atoms with E-state index in [2.05, 4.69) is 15.5 Å². The Kier molecular flexibility index (Phi) is 6.08. The first-order valence-electron chi connectivity index (χ1n) is 8.71. The second-order valence-corrected chi connectivity index (χ2v) is 7.29. The predicted octanol–water partition coefficient (Wildman–Crippen LogP) is 4.84. The van der Waals surface area contributed by atoms with Gasteiger partial charge in [-0.05, 0) is 49.8 Å². The van der Waals surface area contributed by atoms with Crippen LogP contribution in [0.15, 0.2) is 48.5 Å². The first kappa shape index (κ1) is 19.3. The highest BCUT2D eigenvalue weighted by atomic mass is 35.5. The fraction of sp³-hybridized carbons (Fsp3) is 0.250. The molecule has 0 fully saturated rings. The third-order valence-electron chi connectivity index (χ3n) is 4.32. The Morgan fingerprint density at radius 2 is 2.07 bits per heavy atom. The molecule has 3 rings (SSSR count). The molecular formula is C20H21ClN4OS. The molecule has 1 heterocycles. The molecule has 0 aliphatic heterocycles. The summed E-state index contributed by atoms with van der Waals surface area (Å²) in [6, 6.07) is 15.4. The van der Waals surface area contributed by atoms with E-state index in [0.717, 1.165) is 22.5 Å². The molecule has 1 atom stereocenters. The average Bonchev–Trinajstić information content (AvgIpc) is 3.00. The Balaban J connectivity index is 1.67. The monoisotopic (exact) mass is 400 g/mol. The summed E-state index contributed by atoms with van der Waals surface area (Å²) in [5.41, 5.74) is 3.08. The molecule has 5 nitrogen and oxygen atoms in total. The van der Waals surface area contributed by atoms with E-state index in [1.807, 2.05) is 66.9 Å². The molecule has 0 unspecified atom stereocenters. The number of aryl methyl sites for hydroxylation is 1. The Morgan fingerprint density at radius 3 is 2.81 bits per heavy atom. The Labute approximate surface area is 168 Å². The van der Waals surface area contributed by atoms with Crippen molar-refractivity contribution < 1.29 is 4.79 Å². The standard InChI is InChI=1S/C20H21ClN4OS/c1-13-5-3-7-16(11-13)19-23-24-20(27)25(19)10-9-18(26)22-14(2)15-6-4-8-17(21)12-15/h3-8,11-12,14H,9-10H2,1-2H3,(H,22,26)(H,24,27)/t14-/m0/s1. The highest BCUT2D eigenvalue weighted by Gasteiger charge is 2.13. The van der Waals surface area contributed by atoms with Crippen molar-refractivity contribution in [3.63, 3.8) is 0 Å². The lowest BCUT2D eigenvalue weighted by atomic mass is 10.1. The molecular weight excluding hydrogens is 380 g/mol. The zero-order valence-corrected chi connectivity index (χ0v) is 16.8. The molecule has 0 aliphatic carbocycles. The third kappa shape index (κ3) is 4.84. The number of carbonyl (C=O) groups excluding carboxylic acids is 1. The SMILES string of the molecule is Cc1cccc(-c2n[nH]c(=S)n2CCC(=O)N[C@@H](C)c2cccc(Cl)c2)c1. The van der Waals surface area contributed by atoms with Gasteiger partial charge in [-0.15, -0.1) is 0 Å². The van der Waals surface area contributed by atoms with Crippen LogP contribution in [0, 0.1) is 11.7 Å². The summed E-state index contributed by atoms with van der Waals surface area (Å²) in [6.45, 7) is 4.41. The third-order valence-corrected chi connectivity index (χ3v) is 4.87. The van der Waals surface area contributed by atoms with Crippen molar-refractivity contribution in [3.8, 4) is 11.4 Å². The summed E-state index contributed by atoms with van der Waals surface area (Å²) in [7, 11) is 0. The molecule has 0 bridgehead atoms. The first-order chi connectivity index (χ1) is 12.9. The summed E-state index contributed by atoms with van der Waals surface area (Å²) in [5.74, 6) is 0.681. The number of nitrogens with one attached hydrogen (secondary N) is 2. The highest BCUT2D eigenvalue weighted by Crippen LogP contribution is 2.20. The zero-order valence-electron chi connectivity index (χ0n) is 15.2. The van der Waals surface area contributed by atoms with Crippen LogP contribution in [0.4, 0.5) is 0 Å². The minimum absolute atomic E-state index is 0.0548. The topological polar surface area (TPSA) is 62.7 Å². The number of halogens is 1. The maximum Gasteiger partial charge on any atom is 0.222 e. The molecule has 0 saturated heterocycles. The summed E-state index contributed by atoms with van der Waals surface area (Å²) < 4.78 is 2.36. The van der Waals surface area contributed by atoms with Crippen LogP contribution < -0.4 is 5.32 Å². The second-order valence-electron chi connectivity index (χ2n) is 6.47. The Bertz CT molecular complexity index is 1010. The average molecular weight is 401 g/mol. The zero-order chi connectivity index (χ0) is 19.4. The lowest BCUT2D eigenvalue weighted by Gasteiger charge is -2.15. The van der Waals surface area contributed by atoms with Crippen LogP contribution in [0.5, 0.6) is 0 Å². The van der Waals surface area contributed by atoms with Gasteiger partial charge in [0.25, 0.3) is 0 Å². The van der Waals surface area contributed by atoms with Gasteiger partial charge in [-0.25, -0.2) is 0 Å². The van der Waals surface area contributed by atoms with E-state index in [-0.39, 0.29) is 11.9 Å². The van der Waals surface area contributed by atoms with Gasteiger partial charge in [-0.1, -0.05) is 47.5 Å². The largest absolute Gasteiger partial charge is 0.350 e. The van der Waals surface area contributed by atoms with Crippen molar-refractivity contribution in [2.45, 2.75) is 32.9 Å². The molecule has 2 N–H and O–H groups in total. The fourth-order valence-corrected chi connectivity index (χ4v) is 3.34. The van der Waals surface area contributed by atoms with Crippen LogP contribution >= 0.6 is 23.8 Å². The molecule has 0 radical (unpaired) electrons. The quantitative estimate of drug-likeness (QED) is 0.582. The number of carbonyl (C=O) groups is 1. The van der Waals surface area contributed by atoms with Crippen LogP contribution in [-0.2, 0) is 11.3 Å². The van der Waals surface area contributed by atoms with Gasteiger partial charge in [-0.3, -0.25) is 14.5 Å². The van der Waals surface area contributed by atoms with Crippen LogP contribution in [0.25, 0.3) is 11.4 Å². The molecule has 140 valence electrons. The van der Waals surface area contributed by atoms with Gasteiger partial charge in [0, 0.05) is 23.6 Å². The fourth-order valence-electron chi connectivity index (χ4n) is 2.92. The van der Waals surface area contributed by atoms with Gasteiger partial charge >= 0.3 is 0 Å². The van der Waals surface area contributed by atoms with Gasteiger partial charge in [0.05, 0.1) is 6.04 Å². The second kappa shape index (κ2) is 8.50. The van der Waals surface area contributed by atoms with Gasteiger partial charge in [0.15, 0.2) is 10.6 Å². The number of aromatic amines is 1. The molecule has 7 heteroatoms. The van der Waals surface area contributed by atoms with Crippen molar-refractivity contribution in [2.75, 3.05) is 0 Å². The van der Waals surface area contributed by atoms with Crippen molar-refractivity contribution in [2.24, 2.45) is 0 Å².